The van der Waals surface area contributed by atoms with E-state index in [1.54, 1.807) is 7.11 Å². The predicted octanol–water partition coefficient (Wildman–Crippen LogP) is 3.07. The quantitative estimate of drug-likeness (QED) is 0.903. The van der Waals surface area contributed by atoms with E-state index in [9.17, 15) is 4.79 Å². The van der Waals surface area contributed by atoms with Crippen molar-refractivity contribution in [3.63, 3.8) is 0 Å². The molecule has 20 heavy (non-hydrogen) atoms. The van der Waals surface area contributed by atoms with Crippen molar-refractivity contribution >= 4 is 11.7 Å². The number of hydrogen-bond acceptors (Lipinski definition) is 3. The Morgan fingerprint density at radius 2 is 1.90 bits per heavy atom. The number of amides is 1. The second kappa shape index (κ2) is 5.36. The summed E-state index contributed by atoms with van der Waals surface area (Å²) in [4.78, 5) is 11.9. The highest BCUT2D eigenvalue weighted by atomic mass is 16.5. The van der Waals surface area contributed by atoms with Crippen molar-refractivity contribution in [3.05, 3.63) is 30.3 Å². The fourth-order valence-corrected chi connectivity index (χ4v) is 1.61. The molecule has 106 valence electrons. The van der Waals surface area contributed by atoms with Gasteiger partial charge in [0, 0.05) is 11.5 Å². The number of H-pyrrole nitrogens is 1. The van der Waals surface area contributed by atoms with Crippen LogP contribution in [0.4, 0.5) is 5.82 Å². The molecule has 0 fully saturated rings. The zero-order chi connectivity index (χ0) is 14.8. The number of hydrogen-bond donors (Lipinski definition) is 2. The van der Waals surface area contributed by atoms with Gasteiger partial charge >= 0.3 is 0 Å². The average molecular weight is 273 g/mol. The molecule has 0 aliphatic heterocycles. The van der Waals surface area contributed by atoms with Crippen molar-refractivity contribution in [2.24, 2.45) is 5.41 Å². The van der Waals surface area contributed by atoms with E-state index in [-0.39, 0.29) is 5.91 Å². The Bertz CT molecular complexity index is 594. The van der Waals surface area contributed by atoms with Gasteiger partial charge in [0.15, 0.2) is 5.82 Å². The van der Waals surface area contributed by atoms with Gasteiger partial charge in [-0.1, -0.05) is 20.8 Å². The highest BCUT2D eigenvalue weighted by molar-refractivity contribution is 5.94. The molecule has 0 aliphatic rings. The molecule has 0 radical (unpaired) electrons. The molecule has 1 amide bonds. The minimum absolute atomic E-state index is 0.0646. The van der Waals surface area contributed by atoms with Crippen LogP contribution in [0.5, 0.6) is 5.75 Å². The van der Waals surface area contributed by atoms with Crippen LogP contribution >= 0.6 is 0 Å². The van der Waals surface area contributed by atoms with E-state index in [0.717, 1.165) is 17.0 Å². The number of aromatic nitrogens is 2. The zero-order valence-corrected chi connectivity index (χ0v) is 12.2. The van der Waals surface area contributed by atoms with Crippen LogP contribution in [-0.4, -0.2) is 23.2 Å². The van der Waals surface area contributed by atoms with Gasteiger partial charge in [-0.15, -0.1) is 0 Å². The molecule has 0 unspecified atom stereocenters. The molecule has 2 rings (SSSR count). The molecule has 0 atom stereocenters. The Hall–Kier alpha value is -2.30. The number of nitrogens with one attached hydrogen (secondary N) is 2. The maximum absolute atomic E-state index is 11.9. The lowest BCUT2D eigenvalue weighted by molar-refractivity contribution is -0.123. The highest BCUT2D eigenvalue weighted by Gasteiger charge is 2.22. The molecule has 5 nitrogen and oxygen atoms in total. The van der Waals surface area contributed by atoms with Crippen LogP contribution in [0.2, 0.25) is 0 Å². The number of benzene rings is 1. The Kier molecular flexibility index (Phi) is 3.79. The van der Waals surface area contributed by atoms with Crippen molar-refractivity contribution in [3.8, 4) is 17.0 Å². The summed E-state index contributed by atoms with van der Waals surface area (Å²) in [5.74, 6) is 1.26. The van der Waals surface area contributed by atoms with Gasteiger partial charge in [0.25, 0.3) is 0 Å². The summed E-state index contributed by atoms with van der Waals surface area (Å²) in [5.41, 5.74) is 1.38. The van der Waals surface area contributed by atoms with Crippen LogP contribution in [0.15, 0.2) is 30.3 Å². The van der Waals surface area contributed by atoms with Crippen molar-refractivity contribution in [2.45, 2.75) is 20.8 Å². The number of carbonyl (C=O) groups excluding carboxylic acids is 1. The maximum atomic E-state index is 11.9. The third-order valence-electron chi connectivity index (χ3n) is 2.90. The predicted molar refractivity (Wildman–Crippen MR) is 78.7 cm³/mol. The standard InChI is InChI=1S/C15H19N3O2/c1-15(2,3)14(19)16-13-9-12(17-18-13)10-5-7-11(20-4)8-6-10/h5-9H,1-4H3,(H2,16,17,18,19). The molecule has 0 saturated heterocycles. The lowest BCUT2D eigenvalue weighted by Gasteiger charge is -2.15. The first-order valence-electron chi connectivity index (χ1n) is 6.41. The van der Waals surface area contributed by atoms with Crippen LogP contribution in [-0.2, 0) is 4.79 Å². The topological polar surface area (TPSA) is 67.0 Å². The second-order valence-electron chi connectivity index (χ2n) is 5.60. The summed E-state index contributed by atoms with van der Waals surface area (Å²) in [6, 6.07) is 9.43. The van der Waals surface area contributed by atoms with Gasteiger partial charge in [0.1, 0.15) is 5.75 Å². The molecular weight excluding hydrogens is 254 g/mol. The van der Waals surface area contributed by atoms with Gasteiger partial charge in [0.05, 0.1) is 12.8 Å². The molecule has 1 aromatic heterocycles. The average Bonchev–Trinajstić information content (AvgIpc) is 2.86. The fourth-order valence-electron chi connectivity index (χ4n) is 1.61. The van der Waals surface area contributed by atoms with Gasteiger partial charge < -0.3 is 10.1 Å². The molecular formula is C15H19N3O2. The van der Waals surface area contributed by atoms with E-state index in [4.69, 9.17) is 4.74 Å². The number of anilines is 1. The Balaban J connectivity index is 2.14. The van der Waals surface area contributed by atoms with E-state index < -0.39 is 5.41 Å². The highest BCUT2D eigenvalue weighted by Crippen LogP contribution is 2.23. The number of rotatable bonds is 3. The van der Waals surface area contributed by atoms with Gasteiger partial charge in [0.2, 0.25) is 5.91 Å². The van der Waals surface area contributed by atoms with Crippen molar-refractivity contribution in [2.75, 3.05) is 12.4 Å². The number of nitrogens with zero attached hydrogens (tertiary/aromatic N) is 1. The second-order valence-corrected chi connectivity index (χ2v) is 5.60. The van der Waals surface area contributed by atoms with Gasteiger partial charge in [-0.3, -0.25) is 9.89 Å². The van der Waals surface area contributed by atoms with Crippen LogP contribution in [0.1, 0.15) is 20.8 Å². The number of ether oxygens (including phenoxy) is 1. The van der Waals surface area contributed by atoms with Crippen LogP contribution in [0.25, 0.3) is 11.3 Å². The number of aromatic amines is 1. The summed E-state index contributed by atoms with van der Waals surface area (Å²) in [5, 5.41) is 9.80. The largest absolute Gasteiger partial charge is 0.497 e. The molecule has 0 spiro atoms. The minimum Gasteiger partial charge on any atom is -0.497 e. The van der Waals surface area contributed by atoms with E-state index in [2.05, 4.69) is 15.5 Å². The zero-order valence-electron chi connectivity index (χ0n) is 12.2. The molecule has 2 N–H and O–H groups in total. The summed E-state index contributed by atoms with van der Waals surface area (Å²) < 4.78 is 5.12. The minimum atomic E-state index is -0.445. The monoisotopic (exact) mass is 273 g/mol. The molecule has 1 heterocycles. The van der Waals surface area contributed by atoms with Gasteiger partial charge in [-0.2, -0.15) is 5.10 Å². The first kappa shape index (κ1) is 14.1. The summed E-state index contributed by atoms with van der Waals surface area (Å²) in [6.07, 6.45) is 0. The van der Waals surface area contributed by atoms with Crippen LogP contribution in [0, 0.1) is 5.41 Å². The summed E-state index contributed by atoms with van der Waals surface area (Å²) in [6.45, 7) is 5.58. The maximum Gasteiger partial charge on any atom is 0.230 e. The molecule has 1 aromatic carbocycles. The number of methoxy groups -OCH3 is 1. The third kappa shape index (κ3) is 3.17. The van der Waals surface area contributed by atoms with E-state index in [1.807, 2.05) is 51.1 Å². The van der Waals surface area contributed by atoms with Crippen molar-refractivity contribution in [1.29, 1.82) is 0 Å². The molecule has 2 aromatic rings. The summed E-state index contributed by atoms with van der Waals surface area (Å²) in [7, 11) is 1.63. The molecule has 0 saturated carbocycles. The molecule has 0 aliphatic carbocycles. The first-order valence-corrected chi connectivity index (χ1v) is 6.41. The lowest BCUT2D eigenvalue weighted by atomic mass is 9.96. The fraction of sp³-hybridized carbons (Fsp3) is 0.333. The smallest absolute Gasteiger partial charge is 0.230 e. The Morgan fingerprint density at radius 3 is 2.45 bits per heavy atom. The lowest BCUT2D eigenvalue weighted by Crippen LogP contribution is -2.27. The van der Waals surface area contributed by atoms with E-state index in [0.29, 0.717) is 5.82 Å². The van der Waals surface area contributed by atoms with Crippen molar-refractivity contribution < 1.29 is 9.53 Å². The van der Waals surface area contributed by atoms with E-state index >= 15 is 0 Å². The van der Waals surface area contributed by atoms with Crippen LogP contribution in [0.3, 0.4) is 0 Å². The van der Waals surface area contributed by atoms with Crippen LogP contribution < -0.4 is 10.1 Å². The van der Waals surface area contributed by atoms with Crippen molar-refractivity contribution in [1.82, 2.24) is 10.2 Å². The Labute approximate surface area is 118 Å². The normalized spacial score (nSPS) is 11.2. The van der Waals surface area contributed by atoms with E-state index in [1.165, 1.54) is 0 Å². The molecule has 0 bridgehead atoms. The van der Waals surface area contributed by atoms with Gasteiger partial charge in [-0.25, -0.2) is 0 Å². The third-order valence-corrected chi connectivity index (χ3v) is 2.90. The van der Waals surface area contributed by atoms with Gasteiger partial charge in [-0.05, 0) is 29.8 Å². The summed E-state index contributed by atoms with van der Waals surface area (Å²) >= 11 is 0. The Morgan fingerprint density at radius 1 is 1.25 bits per heavy atom. The SMILES string of the molecule is COc1ccc(-c2cc(NC(=O)C(C)(C)C)n[nH]2)cc1. The molecule has 5 heteroatoms. The first-order chi connectivity index (χ1) is 9.40. The number of carbonyl (C=O) groups is 1.